The van der Waals surface area contributed by atoms with E-state index in [2.05, 4.69) is 59.6 Å². The summed E-state index contributed by atoms with van der Waals surface area (Å²) < 4.78 is 41.3. The summed E-state index contributed by atoms with van der Waals surface area (Å²) in [6.45, 7) is 15.1. The number of benzene rings is 2. The third-order valence-electron chi connectivity index (χ3n) is 7.80. The molecule has 0 unspecified atom stereocenters. The maximum atomic E-state index is 13.4. The fourth-order valence-electron chi connectivity index (χ4n) is 5.48. The van der Waals surface area contributed by atoms with E-state index in [1.54, 1.807) is 12.3 Å². The summed E-state index contributed by atoms with van der Waals surface area (Å²) >= 11 is 0. The van der Waals surface area contributed by atoms with Crippen molar-refractivity contribution >= 4 is 45.6 Å². The first-order chi connectivity index (χ1) is 23.1. The Morgan fingerprint density at radius 2 is 1.70 bits per heavy atom. The van der Waals surface area contributed by atoms with E-state index in [4.69, 9.17) is 14.1 Å². The smallest absolute Gasteiger partial charge is 0.335 e. The second-order valence-electron chi connectivity index (χ2n) is 13.6. The van der Waals surface area contributed by atoms with E-state index >= 15 is 0 Å². The molecule has 3 N–H and O–H groups in total. The van der Waals surface area contributed by atoms with E-state index < -0.39 is 16.0 Å². The second-order valence-corrected chi connectivity index (χ2v) is 15.3. The topological polar surface area (TPSA) is 169 Å². The van der Waals surface area contributed by atoms with E-state index in [1.165, 1.54) is 18.2 Å². The molecule has 0 fully saturated rings. The van der Waals surface area contributed by atoms with Crippen molar-refractivity contribution in [2.45, 2.75) is 78.3 Å². The second kappa shape index (κ2) is 15.5. The van der Waals surface area contributed by atoms with Crippen LogP contribution in [-0.2, 0) is 16.6 Å². The number of sulfonamides is 1. The van der Waals surface area contributed by atoms with Crippen molar-refractivity contribution in [2.75, 3.05) is 11.3 Å². The van der Waals surface area contributed by atoms with Gasteiger partial charge in [0.15, 0.2) is 0 Å². The summed E-state index contributed by atoms with van der Waals surface area (Å²) in [7, 11) is -4.24. The van der Waals surface area contributed by atoms with Crippen molar-refractivity contribution in [3.8, 4) is 17.1 Å². The summed E-state index contributed by atoms with van der Waals surface area (Å²) in [5.74, 6) is -0.220. The average molecular weight is 723 g/mol. The first kappa shape index (κ1) is 38.2. The van der Waals surface area contributed by atoms with Gasteiger partial charge >= 0.3 is 5.97 Å². The number of rotatable bonds is 13. The van der Waals surface area contributed by atoms with Crippen LogP contribution in [0.1, 0.15) is 79.9 Å². The van der Waals surface area contributed by atoms with E-state index in [0.29, 0.717) is 23.5 Å². The molecule has 266 valence electrons. The molecule has 0 radical (unpaired) electrons. The summed E-state index contributed by atoms with van der Waals surface area (Å²) in [6, 6.07) is 14.4. The standard InChI is InChI=1S/C36H42N6O6S.ClH/c1-21(2)30-15-29-33(48-30)38-19-26(39-29)18-37-25(17-36(5,6)7)20-47-31-16-28(32-22(3)10-8-11-23(32)4)40-35(41-31)42-49(45,46)27-13-9-12-24(14-27)34(43)44;/h8-16,19,21,25,37H,17-18,20H2,1-7H3,(H,43,44)(H,40,41,42);1H/t25-;/m1./s1. The van der Waals surface area contributed by atoms with Gasteiger partial charge in [-0.25, -0.2) is 32.9 Å². The maximum absolute atomic E-state index is 13.4. The van der Waals surface area contributed by atoms with Crippen LogP contribution in [0.4, 0.5) is 5.95 Å². The Morgan fingerprint density at radius 3 is 2.36 bits per heavy atom. The van der Waals surface area contributed by atoms with Gasteiger partial charge in [0.1, 0.15) is 17.9 Å². The van der Waals surface area contributed by atoms with Crippen molar-refractivity contribution in [3.05, 3.63) is 88.9 Å². The largest absolute Gasteiger partial charge is 0.478 e. The van der Waals surface area contributed by atoms with Crippen LogP contribution in [0.25, 0.3) is 22.5 Å². The zero-order valence-electron chi connectivity index (χ0n) is 29.1. The van der Waals surface area contributed by atoms with Gasteiger partial charge in [-0.1, -0.05) is 58.9 Å². The number of nitrogens with one attached hydrogen (secondary N) is 2. The summed E-state index contributed by atoms with van der Waals surface area (Å²) in [5, 5.41) is 12.9. The number of fused-ring (bicyclic) bond motifs is 1. The molecule has 0 saturated carbocycles. The van der Waals surface area contributed by atoms with Gasteiger partial charge in [-0.15, -0.1) is 12.4 Å². The Labute approximate surface area is 298 Å². The van der Waals surface area contributed by atoms with Gasteiger partial charge in [-0.3, -0.25) is 0 Å². The normalized spacial score (nSPS) is 12.5. The molecular formula is C36H43ClN6O6S. The highest BCUT2D eigenvalue weighted by Crippen LogP contribution is 2.30. The van der Waals surface area contributed by atoms with E-state index in [0.717, 1.165) is 40.6 Å². The molecule has 3 aromatic heterocycles. The number of hydrogen-bond acceptors (Lipinski definition) is 10. The molecule has 2 aromatic carbocycles. The van der Waals surface area contributed by atoms with Crippen LogP contribution in [0.3, 0.4) is 0 Å². The van der Waals surface area contributed by atoms with Crippen LogP contribution in [0.2, 0.25) is 0 Å². The van der Waals surface area contributed by atoms with Crippen LogP contribution >= 0.6 is 12.4 Å². The Morgan fingerprint density at radius 1 is 1.00 bits per heavy atom. The van der Waals surface area contributed by atoms with Crippen molar-refractivity contribution in [2.24, 2.45) is 5.41 Å². The van der Waals surface area contributed by atoms with Crippen molar-refractivity contribution in [3.63, 3.8) is 0 Å². The minimum atomic E-state index is -4.24. The lowest BCUT2D eigenvalue weighted by molar-refractivity contribution is 0.0696. The molecule has 1 atom stereocenters. The van der Waals surface area contributed by atoms with Gasteiger partial charge in [-0.05, 0) is 55.0 Å². The number of ether oxygens (including phenoxy) is 1. The number of halogens is 1. The minimum absolute atomic E-state index is 0. The number of aryl methyl sites for hydroxylation is 2. The monoisotopic (exact) mass is 722 g/mol. The number of anilines is 1. The van der Waals surface area contributed by atoms with Gasteiger partial charge < -0.3 is 19.6 Å². The number of nitrogens with zero attached hydrogens (tertiary/aromatic N) is 4. The van der Waals surface area contributed by atoms with Crippen LogP contribution in [-0.4, -0.2) is 52.1 Å². The Kier molecular flexibility index (Phi) is 11.9. The Balaban J connectivity index is 0.00000562. The Bertz CT molecular complexity index is 2070. The molecule has 0 amide bonds. The number of carboxylic acid groups (broad SMARTS) is 1. The van der Waals surface area contributed by atoms with Crippen LogP contribution in [0.5, 0.6) is 5.88 Å². The zero-order chi connectivity index (χ0) is 35.5. The summed E-state index contributed by atoms with van der Waals surface area (Å²) in [4.78, 5) is 29.4. The summed E-state index contributed by atoms with van der Waals surface area (Å²) in [6.07, 6.45) is 2.45. The van der Waals surface area contributed by atoms with Crippen molar-refractivity contribution < 1.29 is 27.5 Å². The lowest BCUT2D eigenvalue weighted by atomic mass is 9.88. The molecule has 12 nitrogen and oxygen atoms in total. The van der Waals surface area contributed by atoms with Gasteiger partial charge in [-0.2, -0.15) is 4.98 Å². The highest BCUT2D eigenvalue weighted by atomic mass is 35.5. The molecule has 0 aliphatic carbocycles. The average Bonchev–Trinajstić information content (AvgIpc) is 3.46. The molecule has 0 saturated heterocycles. The predicted molar refractivity (Wildman–Crippen MR) is 194 cm³/mol. The highest BCUT2D eigenvalue weighted by molar-refractivity contribution is 7.92. The Hall–Kier alpha value is -4.59. The fraction of sp³-hybridized carbons (Fsp3) is 0.361. The zero-order valence-corrected chi connectivity index (χ0v) is 30.8. The van der Waals surface area contributed by atoms with Crippen LogP contribution in [0, 0.1) is 19.3 Å². The van der Waals surface area contributed by atoms with Crippen molar-refractivity contribution in [1.82, 2.24) is 25.3 Å². The van der Waals surface area contributed by atoms with E-state index in [1.807, 2.05) is 38.1 Å². The third-order valence-corrected chi connectivity index (χ3v) is 9.12. The van der Waals surface area contributed by atoms with Crippen molar-refractivity contribution in [1.29, 1.82) is 0 Å². The number of carbonyl (C=O) groups is 1. The van der Waals surface area contributed by atoms with Gasteiger partial charge in [0.25, 0.3) is 10.0 Å². The van der Waals surface area contributed by atoms with Gasteiger partial charge in [0.05, 0.1) is 28.0 Å². The molecule has 3 heterocycles. The van der Waals surface area contributed by atoms with Gasteiger partial charge in [0.2, 0.25) is 17.5 Å². The van der Waals surface area contributed by atoms with Crippen LogP contribution in [0.15, 0.2) is 70.1 Å². The third kappa shape index (κ3) is 9.55. The molecule has 14 heteroatoms. The summed E-state index contributed by atoms with van der Waals surface area (Å²) in [5.41, 5.74) is 4.93. The lowest BCUT2D eigenvalue weighted by Gasteiger charge is -2.27. The predicted octanol–water partition coefficient (Wildman–Crippen LogP) is 7.31. The minimum Gasteiger partial charge on any atom is -0.478 e. The number of aromatic carboxylic acids is 1. The number of furan rings is 1. The SMILES string of the molecule is Cc1cccc(C)c1-c1cc(OC[C@@H](CC(C)(C)C)NCc2cnc3oc(C(C)C)cc3n2)nc(NS(=O)(=O)c2cccc(C(=O)O)c2)n1.Cl. The van der Waals surface area contributed by atoms with E-state index in [9.17, 15) is 18.3 Å². The first-order valence-corrected chi connectivity index (χ1v) is 17.5. The quantitative estimate of drug-likeness (QED) is 0.111. The highest BCUT2D eigenvalue weighted by Gasteiger charge is 2.23. The van der Waals surface area contributed by atoms with E-state index in [-0.39, 0.29) is 58.7 Å². The molecule has 5 aromatic rings. The lowest BCUT2D eigenvalue weighted by Crippen LogP contribution is -2.37. The number of carboxylic acids is 1. The molecule has 0 aliphatic heterocycles. The fourth-order valence-corrected chi connectivity index (χ4v) is 6.47. The number of aromatic nitrogens is 4. The number of hydrogen-bond donors (Lipinski definition) is 3. The molecule has 5 rings (SSSR count). The van der Waals surface area contributed by atoms with Gasteiger partial charge in [0, 0.05) is 36.2 Å². The molecule has 50 heavy (non-hydrogen) atoms. The molecular weight excluding hydrogens is 680 g/mol. The van der Waals surface area contributed by atoms with Crippen LogP contribution < -0.4 is 14.8 Å². The molecule has 0 aliphatic rings. The molecule has 0 spiro atoms. The molecule has 0 bridgehead atoms. The maximum Gasteiger partial charge on any atom is 0.335 e. The first-order valence-electron chi connectivity index (χ1n) is 16.0.